The maximum absolute atomic E-state index is 10.9. The number of hydrogen-bond donors (Lipinski definition) is 1. The van der Waals surface area contributed by atoms with Gasteiger partial charge in [0.15, 0.2) is 9.84 Å². The SMILES string of the molecule is CS(=O)(=O)Cc1ccnc(C(=O)O)c1. The Hall–Kier alpha value is -1.43. The van der Waals surface area contributed by atoms with Gasteiger partial charge in [0.2, 0.25) is 0 Å². The molecule has 0 aromatic carbocycles. The number of aromatic nitrogens is 1. The van der Waals surface area contributed by atoms with Gasteiger partial charge in [-0.3, -0.25) is 0 Å². The number of rotatable bonds is 3. The van der Waals surface area contributed by atoms with Gasteiger partial charge >= 0.3 is 5.97 Å². The highest BCUT2D eigenvalue weighted by molar-refractivity contribution is 7.89. The summed E-state index contributed by atoms with van der Waals surface area (Å²) < 4.78 is 21.8. The van der Waals surface area contributed by atoms with Gasteiger partial charge in [-0.2, -0.15) is 0 Å². The van der Waals surface area contributed by atoms with Crippen molar-refractivity contribution < 1.29 is 18.3 Å². The van der Waals surface area contributed by atoms with E-state index in [0.29, 0.717) is 5.56 Å². The molecule has 0 aliphatic carbocycles. The molecule has 0 atom stereocenters. The molecule has 0 aliphatic heterocycles. The first kappa shape index (κ1) is 10.6. The predicted octanol–water partition coefficient (Wildman–Crippen LogP) is 0.324. The molecular weight excluding hydrogens is 206 g/mol. The smallest absolute Gasteiger partial charge is 0.354 e. The Morgan fingerprint density at radius 2 is 2.21 bits per heavy atom. The summed E-state index contributed by atoms with van der Waals surface area (Å²) in [4.78, 5) is 14.1. The number of pyridine rings is 1. The van der Waals surface area contributed by atoms with Crippen LogP contribution in [0.3, 0.4) is 0 Å². The van der Waals surface area contributed by atoms with Crippen LogP contribution in [0.4, 0.5) is 0 Å². The van der Waals surface area contributed by atoms with Crippen LogP contribution >= 0.6 is 0 Å². The molecule has 6 heteroatoms. The maximum atomic E-state index is 10.9. The molecule has 0 aliphatic rings. The second-order valence-electron chi connectivity index (χ2n) is 2.92. The normalized spacial score (nSPS) is 11.2. The summed E-state index contributed by atoms with van der Waals surface area (Å²) in [6, 6.07) is 2.73. The molecule has 1 aromatic heterocycles. The van der Waals surface area contributed by atoms with E-state index in [-0.39, 0.29) is 11.4 Å². The Bertz CT molecular complexity index is 452. The largest absolute Gasteiger partial charge is 0.477 e. The van der Waals surface area contributed by atoms with Crippen molar-refractivity contribution in [3.05, 3.63) is 29.6 Å². The average Bonchev–Trinajstić information content (AvgIpc) is 2.01. The minimum atomic E-state index is -3.14. The van der Waals surface area contributed by atoms with Gasteiger partial charge in [-0.15, -0.1) is 0 Å². The second-order valence-corrected chi connectivity index (χ2v) is 5.06. The van der Waals surface area contributed by atoms with Crippen molar-refractivity contribution in [1.29, 1.82) is 0 Å². The van der Waals surface area contributed by atoms with Gasteiger partial charge in [0, 0.05) is 12.5 Å². The fraction of sp³-hybridized carbons (Fsp3) is 0.250. The first-order valence-electron chi connectivity index (χ1n) is 3.74. The standard InChI is InChI=1S/C8H9NO4S/c1-14(12,13)5-6-2-3-9-7(4-6)8(10)11/h2-4H,5H2,1H3,(H,10,11). The summed E-state index contributed by atoms with van der Waals surface area (Å²) in [7, 11) is -3.14. The van der Waals surface area contributed by atoms with Crippen LogP contribution in [0.2, 0.25) is 0 Å². The molecule has 1 N–H and O–H groups in total. The number of aromatic carboxylic acids is 1. The monoisotopic (exact) mass is 215 g/mol. The summed E-state index contributed by atoms with van der Waals surface area (Å²) in [5.74, 6) is -1.34. The summed E-state index contributed by atoms with van der Waals surface area (Å²) >= 11 is 0. The van der Waals surface area contributed by atoms with Gasteiger partial charge in [0.1, 0.15) is 5.69 Å². The Labute approximate surface area is 81.3 Å². The maximum Gasteiger partial charge on any atom is 0.354 e. The first-order chi connectivity index (χ1) is 6.38. The molecule has 1 rings (SSSR count). The molecule has 5 nitrogen and oxygen atoms in total. The van der Waals surface area contributed by atoms with E-state index < -0.39 is 15.8 Å². The van der Waals surface area contributed by atoms with Crippen LogP contribution in [-0.2, 0) is 15.6 Å². The second kappa shape index (κ2) is 3.75. The van der Waals surface area contributed by atoms with Crippen LogP contribution in [-0.4, -0.2) is 30.7 Å². The highest BCUT2D eigenvalue weighted by atomic mass is 32.2. The Morgan fingerprint density at radius 1 is 1.57 bits per heavy atom. The van der Waals surface area contributed by atoms with Crippen LogP contribution in [0.5, 0.6) is 0 Å². The third kappa shape index (κ3) is 3.14. The minimum absolute atomic E-state index is 0.147. The van der Waals surface area contributed by atoms with Crippen molar-refractivity contribution in [3.63, 3.8) is 0 Å². The summed E-state index contributed by atoms with van der Waals surface area (Å²) in [6.07, 6.45) is 2.37. The zero-order chi connectivity index (χ0) is 10.8. The van der Waals surface area contributed by atoms with Crippen molar-refractivity contribution >= 4 is 15.8 Å². The molecule has 0 fully saturated rings. The van der Waals surface area contributed by atoms with E-state index in [1.807, 2.05) is 0 Å². The third-order valence-corrected chi connectivity index (χ3v) is 2.33. The van der Waals surface area contributed by atoms with Crippen LogP contribution < -0.4 is 0 Å². The highest BCUT2D eigenvalue weighted by Crippen LogP contribution is 2.05. The van der Waals surface area contributed by atoms with E-state index in [1.165, 1.54) is 18.3 Å². The lowest BCUT2D eigenvalue weighted by Gasteiger charge is -1.99. The van der Waals surface area contributed by atoms with E-state index in [0.717, 1.165) is 6.26 Å². The van der Waals surface area contributed by atoms with E-state index in [1.54, 1.807) is 0 Å². The minimum Gasteiger partial charge on any atom is -0.477 e. The topological polar surface area (TPSA) is 84.3 Å². The molecule has 76 valence electrons. The van der Waals surface area contributed by atoms with Crippen LogP contribution in [0.1, 0.15) is 16.1 Å². The van der Waals surface area contributed by atoms with E-state index in [9.17, 15) is 13.2 Å². The molecule has 14 heavy (non-hydrogen) atoms. The van der Waals surface area contributed by atoms with Crippen LogP contribution in [0.15, 0.2) is 18.3 Å². The van der Waals surface area contributed by atoms with E-state index in [4.69, 9.17) is 5.11 Å². The van der Waals surface area contributed by atoms with Gasteiger partial charge in [-0.05, 0) is 17.7 Å². The van der Waals surface area contributed by atoms with Crippen molar-refractivity contribution in [2.75, 3.05) is 6.26 Å². The fourth-order valence-electron chi connectivity index (χ4n) is 0.984. The number of carboxylic acid groups (broad SMARTS) is 1. The van der Waals surface area contributed by atoms with Crippen molar-refractivity contribution in [2.45, 2.75) is 5.75 Å². The zero-order valence-electron chi connectivity index (χ0n) is 7.47. The van der Waals surface area contributed by atoms with Crippen molar-refractivity contribution in [3.8, 4) is 0 Å². The molecule has 1 heterocycles. The molecule has 0 bridgehead atoms. The molecule has 0 unspecified atom stereocenters. The van der Waals surface area contributed by atoms with Gasteiger partial charge < -0.3 is 5.11 Å². The summed E-state index contributed by atoms with van der Waals surface area (Å²) in [5, 5.41) is 8.60. The lowest BCUT2D eigenvalue weighted by Crippen LogP contribution is -2.04. The number of hydrogen-bond acceptors (Lipinski definition) is 4. The van der Waals surface area contributed by atoms with Gasteiger partial charge in [-0.1, -0.05) is 0 Å². The van der Waals surface area contributed by atoms with Gasteiger partial charge in [0.05, 0.1) is 5.75 Å². The summed E-state index contributed by atoms with van der Waals surface area (Å²) in [5.41, 5.74) is 0.283. The Morgan fingerprint density at radius 3 is 2.71 bits per heavy atom. The van der Waals surface area contributed by atoms with E-state index >= 15 is 0 Å². The molecule has 0 saturated carbocycles. The summed E-state index contributed by atoms with van der Waals surface area (Å²) in [6.45, 7) is 0. The van der Waals surface area contributed by atoms with Crippen molar-refractivity contribution in [1.82, 2.24) is 4.98 Å². The van der Waals surface area contributed by atoms with Gasteiger partial charge in [-0.25, -0.2) is 18.2 Å². The predicted molar refractivity (Wildman–Crippen MR) is 49.7 cm³/mol. The molecule has 0 saturated heterocycles. The molecule has 1 aromatic rings. The number of carboxylic acids is 1. The fourth-order valence-corrected chi connectivity index (χ4v) is 1.77. The van der Waals surface area contributed by atoms with Crippen LogP contribution in [0.25, 0.3) is 0 Å². The third-order valence-electron chi connectivity index (χ3n) is 1.47. The Kier molecular flexibility index (Phi) is 2.85. The van der Waals surface area contributed by atoms with E-state index in [2.05, 4.69) is 4.98 Å². The number of sulfone groups is 1. The quantitative estimate of drug-likeness (QED) is 0.785. The number of carbonyl (C=O) groups is 1. The lowest BCUT2D eigenvalue weighted by atomic mass is 10.2. The first-order valence-corrected chi connectivity index (χ1v) is 5.80. The molecule has 0 radical (unpaired) electrons. The lowest BCUT2D eigenvalue weighted by molar-refractivity contribution is 0.0690. The Balaban J connectivity index is 3.01. The van der Waals surface area contributed by atoms with Crippen LogP contribution in [0, 0.1) is 0 Å². The molecule has 0 spiro atoms. The average molecular weight is 215 g/mol. The zero-order valence-corrected chi connectivity index (χ0v) is 8.28. The molecular formula is C8H9NO4S. The highest BCUT2D eigenvalue weighted by Gasteiger charge is 2.08. The molecule has 0 amide bonds. The van der Waals surface area contributed by atoms with Crippen molar-refractivity contribution in [2.24, 2.45) is 0 Å². The van der Waals surface area contributed by atoms with Gasteiger partial charge in [0.25, 0.3) is 0 Å². The number of nitrogens with zero attached hydrogens (tertiary/aromatic N) is 1.